The molecule has 2 amide bonds. The van der Waals surface area contributed by atoms with Crippen LogP contribution in [0.3, 0.4) is 0 Å². The van der Waals surface area contributed by atoms with E-state index in [1.807, 2.05) is 42.5 Å². The molecular weight excluding hydrogens is 495 g/mol. The summed E-state index contributed by atoms with van der Waals surface area (Å²) in [6.07, 6.45) is 8.87. The van der Waals surface area contributed by atoms with Gasteiger partial charge in [-0.2, -0.15) is 0 Å². The lowest BCUT2D eigenvalue weighted by atomic mass is 9.83. The van der Waals surface area contributed by atoms with Crippen LogP contribution in [0.5, 0.6) is 0 Å². The van der Waals surface area contributed by atoms with Gasteiger partial charge < -0.3 is 20.1 Å². The smallest absolute Gasteiger partial charge is 0.246 e. The molecule has 8 nitrogen and oxygen atoms in total. The number of nitrogens with one attached hydrogen (secondary N) is 2. The second-order valence-electron chi connectivity index (χ2n) is 11.1. The van der Waals surface area contributed by atoms with Crippen molar-refractivity contribution in [3.8, 4) is 5.82 Å². The molecule has 1 aliphatic heterocycles. The molecule has 208 valence electrons. The maximum absolute atomic E-state index is 14.1. The quantitative estimate of drug-likeness (QED) is 0.465. The van der Waals surface area contributed by atoms with Gasteiger partial charge >= 0.3 is 0 Å². The van der Waals surface area contributed by atoms with Crippen molar-refractivity contribution in [3.05, 3.63) is 53.4 Å². The Bertz CT molecular complexity index is 1360. The first-order valence-corrected chi connectivity index (χ1v) is 14.2. The van der Waals surface area contributed by atoms with Crippen molar-refractivity contribution in [2.75, 3.05) is 13.6 Å². The third-order valence-corrected chi connectivity index (χ3v) is 8.45. The molecule has 3 heterocycles. The van der Waals surface area contributed by atoms with Crippen molar-refractivity contribution < 1.29 is 14.0 Å². The molecule has 9 heteroatoms. The van der Waals surface area contributed by atoms with Crippen LogP contribution in [0.25, 0.3) is 16.7 Å². The molecule has 2 fully saturated rings. The maximum Gasteiger partial charge on any atom is 0.246 e. The Hall–Kier alpha value is -3.33. The Kier molecular flexibility index (Phi) is 7.98. The van der Waals surface area contributed by atoms with Gasteiger partial charge in [0.25, 0.3) is 0 Å². The van der Waals surface area contributed by atoms with Gasteiger partial charge in [0.1, 0.15) is 23.5 Å². The zero-order valence-corrected chi connectivity index (χ0v) is 23.3. The minimum atomic E-state index is -0.539. The van der Waals surface area contributed by atoms with Crippen LogP contribution < -0.4 is 10.6 Å². The first-order chi connectivity index (χ1) is 18.8. The number of fused-ring (bicyclic) bond motifs is 1. The molecule has 1 aromatic carbocycles. The normalized spacial score (nSPS) is 19.8. The molecule has 2 aromatic heterocycles. The fourth-order valence-electron chi connectivity index (χ4n) is 6.20. The molecule has 39 heavy (non-hydrogen) atoms. The number of likely N-dealkylation sites (tertiary alicyclic amines) is 1. The third-order valence-electron chi connectivity index (χ3n) is 8.45. The Morgan fingerprint density at radius 2 is 1.82 bits per heavy atom. The van der Waals surface area contributed by atoms with E-state index in [1.54, 1.807) is 19.2 Å². The minimum Gasteiger partial charge on any atom is -0.343 e. The van der Waals surface area contributed by atoms with E-state index in [0.717, 1.165) is 60.7 Å². The zero-order chi connectivity index (χ0) is 27.7. The van der Waals surface area contributed by atoms with Crippen molar-refractivity contribution >= 4 is 22.7 Å². The fraction of sp³-hybridized carbons (Fsp3) is 0.533. The lowest BCUT2D eigenvalue weighted by molar-refractivity contribution is -0.139. The molecule has 0 bridgehead atoms. The molecule has 2 N–H and O–H groups in total. The van der Waals surface area contributed by atoms with Crippen LogP contribution in [0, 0.1) is 25.6 Å². The van der Waals surface area contributed by atoms with Crippen molar-refractivity contribution in [2.24, 2.45) is 5.92 Å². The van der Waals surface area contributed by atoms with E-state index in [0.29, 0.717) is 18.2 Å². The molecule has 3 aromatic rings. The Balaban J connectivity index is 1.47. The second-order valence-corrected chi connectivity index (χ2v) is 11.1. The highest BCUT2D eigenvalue weighted by atomic mass is 19.1. The number of amides is 2. The molecule has 0 spiro atoms. The molecule has 1 saturated carbocycles. The van der Waals surface area contributed by atoms with Crippen molar-refractivity contribution in [1.29, 1.82) is 0 Å². The number of hydrogen-bond acceptors (Lipinski definition) is 5. The number of benzene rings is 1. The molecule has 0 radical (unpaired) electrons. The predicted octanol–water partition coefficient (Wildman–Crippen LogP) is 4.51. The lowest BCUT2D eigenvalue weighted by Crippen LogP contribution is -2.55. The summed E-state index contributed by atoms with van der Waals surface area (Å²) in [5.41, 5.74) is 2.63. The molecule has 2 aliphatic rings. The summed E-state index contributed by atoms with van der Waals surface area (Å²) in [6.45, 7) is 6.26. The Labute approximate surface area is 229 Å². The molecule has 1 aliphatic carbocycles. The SMILES string of the molecule is CNC(C)C(=O)NC(C(=O)N1CCCC1c1cc(-n2cc(C)c3cc(F)ccc32)nc(C)n1)C1CCCCC1. The highest BCUT2D eigenvalue weighted by Crippen LogP contribution is 2.35. The topological polar surface area (TPSA) is 92.2 Å². The van der Waals surface area contributed by atoms with E-state index in [-0.39, 0.29) is 35.6 Å². The van der Waals surface area contributed by atoms with Gasteiger partial charge in [-0.25, -0.2) is 14.4 Å². The van der Waals surface area contributed by atoms with E-state index in [9.17, 15) is 14.0 Å². The second kappa shape index (κ2) is 11.4. The van der Waals surface area contributed by atoms with Crippen LogP contribution in [0.2, 0.25) is 0 Å². The summed E-state index contributed by atoms with van der Waals surface area (Å²) in [7, 11) is 1.75. The summed E-state index contributed by atoms with van der Waals surface area (Å²) in [6, 6.07) is 5.61. The van der Waals surface area contributed by atoms with Crippen LogP contribution in [-0.2, 0) is 9.59 Å². The number of rotatable bonds is 7. The number of carbonyl (C=O) groups excluding carboxylic acids is 2. The largest absolute Gasteiger partial charge is 0.343 e. The van der Waals surface area contributed by atoms with E-state index in [2.05, 4.69) is 10.6 Å². The molecular formula is C30H39FN6O2. The number of hydrogen-bond donors (Lipinski definition) is 2. The number of halogens is 1. The maximum atomic E-state index is 14.1. The van der Waals surface area contributed by atoms with Crippen LogP contribution in [0.1, 0.15) is 75.0 Å². The Morgan fingerprint density at radius 3 is 2.56 bits per heavy atom. The third kappa shape index (κ3) is 5.55. The van der Waals surface area contributed by atoms with E-state index in [1.165, 1.54) is 12.5 Å². The van der Waals surface area contributed by atoms with Gasteiger partial charge in [-0.1, -0.05) is 19.3 Å². The molecule has 3 unspecified atom stereocenters. The number of aryl methyl sites for hydroxylation is 2. The first-order valence-electron chi connectivity index (χ1n) is 14.2. The van der Waals surface area contributed by atoms with Gasteiger partial charge in [0.15, 0.2) is 0 Å². The van der Waals surface area contributed by atoms with E-state index >= 15 is 0 Å². The average Bonchev–Trinajstić information content (AvgIpc) is 3.56. The van der Waals surface area contributed by atoms with E-state index in [4.69, 9.17) is 9.97 Å². The van der Waals surface area contributed by atoms with Crippen molar-refractivity contribution in [3.63, 3.8) is 0 Å². The standard InChI is InChI=1S/C30H39FN6O2/c1-18-17-37(25-13-12-22(31)15-23(18)25)27-16-24(33-20(3)34-27)26-11-8-14-36(26)30(39)28(21-9-6-5-7-10-21)35-29(38)19(2)32-4/h12-13,15-17,19,21,26,28,32H,5-11,14H2,1-4H3,(H,35,38). The number of likely N-dealkylation sites (N-methyl/N-ethyl adjacent to an activating group) is 1. The van der Waals surface area contributed by atoms with Gasteiger partial charge in [-0.3, -0.25) is 9.59 Å². The number of aromatic nitrogens is 3. The van der Waals surface area contributed by atoms with Gasteiger partial charge in [0.05, 0.1) is 23.3 Å². The van der Waals surface area contributed by atoms with Gasteiger partial charge in [0.2, 0.25) is 11.8 Å². The number of nitrogens with zero attached hydrogens (tertiary/aromatic N) is 4. The fourth-order valence-corrected chi connectivity index (χ4v) is 6.20. The molecule has 3 atom stereocenters. The van der Waals surface area contributed by atoms with Crippen LogP contribution >= 0.6 is 0 Å². The van der Waals surface area contributed by atoms with Gasteiger partial charge in [0, 0.05) is 24.2 Å². The lowest BCUT2D eigenvalue weighted by Gasteiger charge is -2.35. The molecule has 1 saturated heterocycles. The predicted molar refractivity (Wildman–Crippen MR) is 149 cm³/mol. The van der Waals surface area contributed by atoms with Crippen LogP contribution in [0.15, 0.2) is 30.5 Å². The number of carbonyl (C=O) groups is 2. The van der Waals surface area contributed by atoms with Gasteiger partial charge in [-0.15, -0.1) is 0 Å². The van der Waals surface area contributed by atoms with Crippen LogP contribution in [0.4, 0.5) is 4.39 Å². The minimum absolute atomic E-state index is 0.0170. The summed E-state index contributed by atoms with van der Waals surface area (Å²) in [5, 5.41) is 6.93. The van der Waals surface area contributed by atoms with E-state index < -0.39 is 6.04 Å². The highest BCUT2D eigenvalue weighted by molar-refractivity contribution is 5.90. The monoisotopic (exact) mass is 534 g/mol. The zero-order valence-electron chi connectivity index (χ0n) is 23.3. The summed E-state index contributed by atoms with van der Waals surface area (Å²) in [5.74, 6) is 1.01. The highest BCUT2D eigenvalue weighted by Gasteiger charge is 2.39. The Morgan fingerprint density at radius 1 is 1.05 bits per heavy atom. The summed E-state index contributed by atoms with van der Waals surface area (Å²) >= 11 is 0. The molecule has 5 rings (SSSR count). The summed E-state index contributed by atoms with van der Waals surface area (Å²) in [4.78, 5) is 38.4. The van der Waals surface area contributed by atoms with Crippen LogP contribution in [-0.4, -0.2) is 56.9 Å². The van der Waals surface area contributed by atoms with Crippen molar-refractivity contribution in [2.45, 2.75) is 83.8 Å². The van der Waals surface area contributed by atoms with Crippen molar-refractivity contribution in [1.82, 2.24) is 30.1 Å². The van der Waals surface area contributed by atoms with Gasteiger partial charge in [-0.05, 0) is 83.2 Å². The summed E-state index contributed by atoms with van der Waals surface area (Å²) < 4.78 is 15.9. The first kappa shape index (κ1) is 27.2. The average molecular weight is 535 g/mol.